The summed E-state index contributed by atoms with van der Waals surface area (Å²) >= 11 is 1.82. The second-order valence-electron chi connectivity index (χ2n) is 7.03. The van der Waals surface area contributed by atoms with Gasteiger partial charge in [-0.3, -0.25) is 0 Å². The molecule has 4 N–H and O–H groups in total. The van der Waals surface area contributed by atoms with E-state index in [0.29, 0.717) is 12.5 Å². The number of hydrogen-bond donors (Lipinski definition) is 3. The third kappa shape index (κ3) is 3.34. The van der Waals surface area contributed by atoms with Gasteiger partial charge in [0.2, 0.25) is 0 Å². The molecular weight excluding hydrogens is 354 g/mol. The van der Waals surface area contributed by atoms with Crippen LogP contribution in [0.1, 0.15) is 35.4 Å². The Morgan fingerprint density at radius 1 is 1.15 bits per heavy atom. The Morgan fingerprint density at radius 2 is 2.00 bits per heavy atom. The van der Waals surface area contributed by atoms with Crippen molar-refractivity contribution in [1.29, 1.82) is 0 Å². The zero-order valence-electron chi connectivity index (χ0n) is 14.9. The van der Waals surface area contributed by atoms with Gasteiger partial charge in [0.05, 0.1) is 33.3 Å². The molecule has 5 nitrogen and oxygen atoms in total. The van der Waals surface area contributed by atoms with Crippen LogP contribution in [0.4, 0.5) is 5.69 Å². The third-order valence-electron chi connectivity index (χ3n) is 5.04. The number of nitrogens with one attached hydrogen (secondary N) is 2. The molecule has 1 saturated carbocycles. The molecule has 0 amide bonds. The van der Waals surface area contributed by atoms with Gasteiger partial charge in [-0.25, -0.2) is 9.97 Å². The molecule has 5 rings (SSSR count). The number of benzene rings is 2. The van der Waals surface area contributed by atoms with Crippen molar-refractivity contribution >= 4 is 28.1 Å². The van der Waals surface area contributed by atoms with E-state index in [2.05, 4.69) is 50.6 Å². The minimum atomic E-state index is 0.0582. The van der Waals surface area contributed by atoms with E-state index in [4.69, 9.17) is 5.73 Å². The largest absolute Gasteiger partial charge is 0.377 e. The van der Waals surface area contributed by atoms with Gasteiger partial charge < -0.3 is 16.0 Å². The van der Waals surface area contributed by atoms with Crippen molar-refractivity contribution in [3.05, 3.63) is 65.6 Å². The fourth-order valence-corrected chi connectivity index (χ4v) is 4.42. The molecule has 1 fully saturated rings. The molecule has 1 aliphatic rings. The monoisotopic (exact) mass is 375 g/mol. The second kappa shape index (κ2) is 6.79. The maximum absolute atomic E-state index is 6.05. The Bertz CT molecular complexity index is 1060. The van der Waals surface area contributed by atoms with Crippen LogP contribution in [-0.4, -0.2) is 21.5 Å². The Kier molecular flexibility index (Phi) is 4.14. The number of fused-ring (bicyclic) bond motifs is 1. The topological polar surface area (TPSA) is 79.6 Å². The molecule has 0 bridgehead atoms. The summed E-state index contributed by atoms with van der Waals surface area (Å²) in [4.78, 5) is 13.2. The van der Waals surface area contributed by atoms with Crippen LogP contribution in [0.3, 0.4) is 0 Å². The van der Waals surface area contributed by atoms with Gasteiger partial charge in [-0.05, 0) is 42.2 Å². The number of nitrogens with zero attached hydrogens (tertiary/aromatic N) is 2. The first-order valence-electron chi connectivity index (χ1n) is 9.26. The lowest BCUT2D eigenvalue weighted by molar-refractivity contribution is 0.790. The lowest BCUT2D eigenvalue weighted by atomic mass is 10.0. The van der Waals surface area contributed by atoms with E-state index in [1.165, 1.54) is 33.9 Å². The average molecular weight is 376 g/mol. The maximum Gasteiger partial charge on any atom is 0.0962 e. The predicted molar refractivity (Wildman–Crippen MR) is 111 cm³/mol. The summed E-state index contributed by atoms with van der Waals surface area (Å²) in [5, 5.41) is 4.81. The van der Waals surface area contributed by atoms with Crippen LogP contribution in [0, 0.1) is 0 Å². The van der Waals surface area contributed by atoms with Gasteiger partial charge in [-0.15, -0.1) is 11.3 Å². The molecule has 0 saturated heterocycles. The Labute approximate surface area is 161 Å². The van der Waals surface area contributed by atoms with Crippen molar-refractivity contribution in [2.45, 2.75) is 24.8 Å². The van der Waals surface area contributed by atoms with E-state index in [1.807, 2.05) is 29.7 Å². The van der Waals surface area contributed by atoms with E-state index in [1.54, 1.807) is 6.33 Å². The predicted octanol–water partition coefficient (Wildman–Crippen LogP) is 4.68. The quantitative estimate of drug-likeness (QED) is 0.457. The first-order chi connectivity index (χ1) is 13.3. The van der Waals surface area contributed by atoms with E-state index >= 15 is 0 Å². The molecule has 1 atom stereocenters. The number of aromatic nitrogens is 3. The molecule has 0 radical (unpaired) electrons. The molecule has 0 spiro atoms. The molecule has 2 heterocycles. The van der Waals surface area contributed by atoms with Crippen LogP contribution in [0.15, 0.2) is 55.0 Å². The smallest absolute Gasteiger partial charge is 0.0962 e. The van der Waals surface area contributed by atoms with Crippen LogP contribution in [0.5, 0.6) is 0 Å². The van der Waals surface area contributed by atoms with Crippen LogP contribution < -0.4 is 11.1 Å². The summed E-state index contributed by atoms with van der Waals surface area (Å²) in [6.45, 7) is 0.521. The highest BCUT2D eigenvalue weighted by molar-refractivity contribution is 7.15. The number of nitrogens with two attached hydrogens (primary N) is 1. The number of aromatic amines is 1. The fraction of sp³-hybridized carbons (Fsp3) is 0.238. The lowest BCUT2D eigenvalue weighted by Gasteiger charge is -2.19. The zero-order valence-corrected chi connectivity index (χ0v) is 15.7. The summed E-state index contributed by atoms with van der Waals surface area (Å²) in [6.07, 6.45) is 6.30. The average Bonchev–Trinajstić information content (AvgIpc) is 3.25. The molecule has 1 unspecified atom stereocenters. The Morgan fingerprint density at radius 3 is 2.78 bits per heavy atom. The van der Waals surface area contributed by atoms with E-state index in [0.717, 1.165) is 16.7 Å². The molecule has 2 aromatic heterocycles. The van der Waals surface area contributed by atoms with Gasteiger partial charge in [0.1, 0.15) is 0 Å². The van der Waals surface area contributed by atoms with E-state index < -0.39 is 0 Å². The van der Waals surface area contributed by atoms with Crippen molar-refractivity contribution in [3.8, 4) is 10.4 Å². The normalized spacial score (nSPS) is 15.1. The number of imidazole rings is 1. The highest BCUT2D eigenvalue weighted by atomic mass is 32.1. The van der Waals surface area contributed by atoms with Gasteiger partial charge in [0.15, 0.2) is 0 Å². The van der Waals surface area contributed by atoms with Crippen LogP contribution in [-0.2, 0) is 0 Å². The lowest BCUT2D eigenvalue weighted by Crippen LogP contribution is -2.20. The van der Waals surface area contributed by atoms with E-state index in [-0.39, 0.29) is 6.04 Å². The molecule has 1 aliphatic carbocycles. The Balaban J connectivity index is 1.35. The van der Waals surface area contributed by atoms with Crippen molar-refractivity contribution in [3.63, 3.8) is 0 Å². The highest BCUT2D eigenvalue weighted by Crippen LogP contribution is 2.43. The first kappa shape index (κ1) is 16.5. The first-order valence-corrected chi connectivity index (χ1v) is 10.1. The second-order valence-corrected chi connectivity index (χ2v) is 8.09. The summed E-state index contributed by atoms with van der Waals surface area (Å²) in [7, 11) is 0. The third-order valence-corrected chi connectivity index (χ3v) is 6.25. The zero-order chi connectivity index (χ0) is 18.2. The van der Waals surface area contributed by atoms with Gasteiger partial charge in [-0.1, -0.05) is 24.3 Å². The summed E-state index contributed by atoms with van der Waals surface area (Å²) < 4.78 is 0. The van der Waals surface area contributed by atoms with Crippen LogP contribution in [0.25, 0.3) is 21.5 Å². The van der Waals surface area contributed by atoms with E-state index in [9.17, 15) is 0 Å². The highest BCUT2D eigenvalue weighted by Gasteiger charge is 2.26. The van der Waals surface area contributed by atoms with Gasteiger partial charge in [0, 0.05) is 24.3 Å². The summed E-state index contributed by atoms with van der Waals surface area (Å²) in [5.41, 5.74) is 11.5. The number of H-pyrrole nitrogens is 1. The molecule has 27 heavy (non-hydrogen) atoms. The molecule has 2 aromatic carbocycles. The maximum atomic E-state index is 6.05. The SMILES string of the molecule is NCC(Nc1ccc2nc[nH]c2c1)c1ccc(-c2cnc(C3CC3)s2)cc1. The molecular formula is C21H21N5S. The van der Waals surface area contributed by atoms with Crippen LogP contribution >= 0.6 is 11.3 Å². The van der Waals surface area contributed by atoms with Gasteiger partial charge in [-0.2, -0.15) is 0 Å². The molecule has 136 valence electrons. The van der Waals surface area contributed by atoms with Crippen molar-refractivity contribution in [1.82, 2.24) is 15.0 Å². The minimum absolute atomic E-state index is 0.0582. The van der Waals surface area contributed by atoms with Gasteiger partial charge in [0.25, 0.3) is 0 Å². The number of anilines is 1. The van der Waals surface area contributed by atoms with Gasteiger partial charge >= 0.3 is 0 Å². The molecule has 0 aliphatic heterocycles. The summed E-state index contributed by atoms with van der Waals surface area (Å²) in [5.74, 6) is 0.709. The molecule has 6 heteroatoms. The van der Waals surface area contributed by atoms with Crippen molar-refractivity contribution < 1.29 is 0 Å². The number of thiazole rings is 1. The summed E-state index contributed by atoms with van der Waals surface area (Å²) in [6, 6.07) is 14.8. The standard InChI is InChI=1S/C21H21N5S/c22-10-19(26-16-7-8-17-18(9-16)25-12-24-17)13-1-3-14(4-2-13)20-11-23-21(27-20)15-5-6-15/h1-4,7-9,11-12,15,19,26H,5-6,10,22H2,(H,24,25). The number of hydrogen-bond acceptors (Lipinski definition) is 5. The van der Waals surface area contributed by atoms with Crippen LogP contribution in [0.2, 0.25) is 0 Å². The number of rotatable bonds is 6. The minimum Gasteiger partial charge on any atom is -0.377 e. The van der Waals surface area contributed by atoms with Crippen molar-refractivity contribution in [2.75, 3.05) is 11.9 Å². The van der Waals surface area contributed by atoms with Crippen molar-refractivity contribution in [2.24, 2.45) is 5.73 Å². The molecule has 4 aromatic rings. The Hall–Kier alpha value is -2.70. The fourth-order valence-electron chi connectivity index (χ4n) is 3.32.